The number of nitrogens with one attached hydrogen (secondary N) is 2. The maximum Gasteiger partial charge on any atom is 0.243 e. The average molecular weight is 390 g/mol. The van der Waals surface area contributed by atoms with Gasteiger partial charge in [0.15, 0.2) is 0 Å². The van der Waals surface area contributed by atoms with Crippen molar-refractivity contribution in [2.24, 2.45) is 0 Å². The Kier molecular flexibility index (Phi) is 8.85. The lowest BCUT2D eigenvalue weighted by Gasteiger charge is -2.26. The molecule has 1 saturated heterocycles. The molecule has 6 nitrogen and oxygen atoms in total. The van der Waals surface area contributed by atoms with Gasteiger partial charge in [-0.15, -0.1) is 12.4 Å². The Labute approximate surface area is 156 Å². The molecule has 2 rings (SSSR count). The van der Waals surface area contributed by atoms with Crippen LogP contribution in [0.2, 0.25) is 0 Å². The summed E-state index contributed by atoms with van der Waals surface area (Å²) < 4.78 is 27.3. The quantitative estimate of drug-likeness (QED) is 0.702. The molecule has 0 unspecified atom stereocenters. The van der Waals surface area contributed by atoms with Crippen molar-refractivity contribution in [2.45, 2.75) is 43.9 Å². The molecule has 1 fully saturated rings. The van der Waals surface area contributed by atoms with Crippen LogP contribution < -0.4 is 10.6 Å². The third-order valence-corrected chi connectivity index (χ3v) is 6.28. The molecule has 2 N–H and O–H groups in total. The van der Waals surface area contributed by atoms with Crippen molar-refractivity contribution in [3.05, 3.63) is 23.8 Å². The van der Waals surface area contributed by atoms with Gasteiger partial charge in [0.1, 0.15) is 0 Å². The summed E-state index contributed by atoms with van der Waals surface area (Å²) in [7, 11) is -1.66. The second-order valence-electron chi connectivity index (χ2n) is 6.20. The highest BCUT2D eigenvalue weighted by atomic mass is 35.5. The van der Waals surface area contributed by atoms with E-state index in [1.807, 2.05) is 7.05 Å². The van der Waals surface area contributed by atoms with Gasteiger partial charge in [-0.3, -0.25) is 4.79 Å². The smallest absolute Gasteiger partial charge is 0.243 e. The monoisotopic (exact) mass is 389 g/mol. The van der Waals surface area contributed by atoms with Crippen LogP contribution in [0, 0.1) is 6.92 Å². The van der Waals surface area contributed by atoms with E-state index in [1.165, 1.54) is 0 Å². The molecule has 1 aromatic rings. The molecule has 25 heavy (non-hydrogen) atoms. The molecule has 0 aliphatic carbocycles. The summed E-state index contributed by atoms with van der Waals surface area (Å²) in [6.07, 6.45) is 4.03. The fourth-order valence-corrected chi connectivity index (χ4v) is 4.62. The van der Waals surface area contributed by atoms with E-state index in [9.17, 15) is 13.2 Å². The number of halogens is 1. The Morgan fingerprint density at radius 2 is 1.88 bits per heavy atom. The van der Waals surface area contributed by atoms with Gasteiger partial charge in [-0.25, -0.2) is 8.42 Å². The van der Waals surface area contributed by atoms with Crippen molar-refractivity contribution in [1.82, 2.24) is 9.62 Å². The molecule has 1 heterocycles. The molecule has 0 spiro atoms. The summed E-state index contributed by atoms with van der Waals surface area (Å²) in [5.41, 5.74) is 1.24. The molecule has 8 heteroatoms. The van der Waals surface area contributed by atoms with Crippen molar-refractivity contribution in [2.75, 3.05) is 32.0 Å². The van der Waals surface area contributed by atoms with Crippen LogP contribution in [0.1, 0.15) is 37.7 Å². The van der Waals surface area contributed by atoms with Crippen LogP contribution >= 0.6 is 12.4 Å². The van der Waals surface area contributed by atoms with Crippen LogP contribution in [0.5, 0.6) is 0 Å². The van der Waals surface area contributed by atoms with Gasteiger partial charge in [-0.05, 0) is 57.5 Å². The second-order valence-corrected chi connectivity index (χ2v) is 8.11. The molecule has 0 aromatic heterocycles. The van der Waals surface area contributed by atoms with Gasteiger partial charge in [-0.2, -0.15) is 4.31 Å². The maximum absolute atomic E-state index is 12.9. The van der Waals surface area contributed by atoms with Gasteiger partial charge in [0, 0.05) is 25.2 Å². The number of rotatable bonds is 7. The van der Waals surface area contributed by atoms with E-state index < -0.39 is 10.0 Å². The standard InChI is InChI=1S/C17H27N3O3S.ClH/c1-14-8-9-15(19-17(21)7-6-10-18-2)13-16(14)24(22,23)20-11-4-3-5-12-20;/h8-9,13,18H,3-7,10-12H2,1-2H3,(H,19,21);1H. The summed E-state index contributed by atoms with van der Waals surface area (Å²) in [5, 5.41) is 5.79. The summed E-state index contributed by atoms with van der Waals surface area (Å²) in [6, 6.07) is 5.08. The predicted molar refractivity (Wildman–Crippen MR) is 103 cm³/mol. The summed E-state index contributed by atoms with van der Waals surface area (Å²) >= 11 is 0. The zero-order valence-corrected chi connectivity index (χ0v) is 16.5. The third kappa shape index (κ3) is 5.95. The van der Waals surface area contributed by atoms with E-state index in [2.05, 4.69) is 10.6 Å². The fraction of sp³-hybridized carbons (Fsp3) is 0.588. The van der Waals surface area contributed by atoms with E-state index >= 15 is 0 Å². The number of anilines is 1. The molecular weight excluding hydrogens is 362 g/mol. The average Bonchev–Trinajstić information content (AvgIpc) is 2.57. The SMILES string of the molecule is CNCCCC(=O)Nc1ccc(C)c(S(=O)(=O)N2CCCCC2)c1.Cl. The lowest BCUT2D eigenvalue weighted by molar-refractivity contribution is -0.116. The number of piperidine rings is 1. The number of sulfonamides is 1. The van der Waals surface area contributed by atoms with Gasteiger partial charge in [0.05, 0.1) is 4.90 Å². The van der Waals surface area contributed by atoms with Gasteiger partial charge in [-0.1, -0.05) is 12.5 Å². The van der Waals surface area contributed by atoms with E-state index in [1.54, 1.807) is 29.4 Å². The zero-order valence-electron chi connectivity index (χ0n) is 14.9. The van der Waals surface area contributed by atoms with Crippen LogP contribution in [0.15, 0.2) is 23.1 Å². The van der Waals surface area contributed by atoms with Crippen molar-refractivity contribution in [1.29, 1.82) is 0 Å². The Morgan fingerprint density at radius 3 is 2.52 bits per heavy atom. The van der Waals surface area contributed by atoms with Gasteiger partial charge >= 0.3 is 0 Å². The number of aryl methyl sites for hydroxylation is 1. The molecule has 0 radical (unpaired) electrons. The third-order valence-electron chi connectivity index (χ3n) is 4.24. The highest BCUT2D eigenvalue weighted by Crippen LogP contribution is 2.26. The normalized spacial score (nSPS) is 15.4. The van der Waals surface area contributed by atoms with E-state index in [-0.39, 0.29) is 23.2 Å². The fourth-order valence-electron chi connectivity index (χ4n) is 2.85. The Balaban J connectivity index is 0.00000312. The van der Waals surface area contributed by atoms with Crippen molar-refractivity contribution in [3.8, 4) is 0 Å². The zero-order chi connectivity index (χ0) is 17.6. The minimum atomic E-state index is -3.50. The molecule has 1 aromatic carbocycles. The highest BCUT2D eigenvalue weighted by molar-refractivity contribution is 7.89. The first-order valence-corrected chi connectivity index (χ1v) is 9.94. The summed E-state index contributed by atoms with van der Waals surface area (Å²) in [6.45, 7) is 3.70. The molecule has 1 aliphatic heterocycles. The number of carbonyl (C=O) groups is 1. The van der Waals surface area contributed by atoms with Crippen LogP contribution in [-0.4, -0.2) is 45.3 Å². The number of nitrogens with zero attached hydrogens (tertiary/aromatic N) is 1. The molecule has 1 aliphatic rings. The van der Waals surface area contributed by atoms with Gasteiger partial charge < -0.3 is 10.6 Å². The molecule has 0 atom stereocenters. The Morgan fingerprint density at radius 1 is 1.20 bits per heavy atom. The first-order valence-electron chi connectivity index (χ1n) is 8.50. The number of amides is 1. The lowest BCUT2D eigenvalue weighted by Crippen LogP contribution is -2.36. The van der Waals surface area contributed by atoms with E-state index in [0.717, 1.165) is 32.2 Å². The van der Waals surface area contributed by atoms with Crippen LogP contribution in [0.25, 0.3) is 0 Å². The topological polar surface area (TPSA) is 78.5 Å². The molecule has 0 bridgehead atoms. The number of carbonyl (C=O) groups excluding carboxylic acids is 1. The lowest BCUT2D eigenvalue weighted by atomic mass is 10.2. The van der Waals surface area contributed by atoms with E-state index in [0.29, 0.717) is 30.8 Å². The largest absolute Gasteiger partial charge is 0.326 e. The Hall–Kier alpha value is -1.15. The number of hydrogen-bond acceptors (Lipinski definition) is 4. The van der Waals surface area contributed by atoms with Gasteiger partial charge in [0.25, 0.3) is 0 Å². The predicted octanol–water partition coefficient (Wildman–Crippen LogP) is 2.53. The molecule has 0 saturated carbocycles. The number of hydrogen-bond donors (Lipinski definition) is 2. The highest BCUT2D eigenvalue weighted by Gasteiger charge is 2.27. The molecule has 1 amide bonds. The second kappa shape index (κ2) is 10.1. The Bertz CT molecular complexity index is 674. The minimum absolute atomic E-state index is 0. The van der Waals surface area contributed by atoms with Gasteiger partial charge in [0.2, 0.25) is 15.9 Å². The first-order chi connectivity index (χ1) is 11.4. The summed E-state index contributed by atoms with van der Waals surface area (Å²) in [5.74, 6) is -0.101. The van der Waals surface area contributed by atoms with Crippen LogP contribution in [-0.2, 0) is 14.8 Å². The maximum atomic E-state index is 12.9. The van der Waals surface area contributed by atoms with Crippen molar-refractivity contribution >= 4 is 34.0 Å². The van der Waals surface area contributed by atoms with Crippen molar-refractivity contribution < 1.29 is 13.2 Å². The van der Waals surface area contributed by atoms with Crippen molar-refractivity contribution in [3.63, 3.8) is 0 Å². The summed E-state index contributed by atoms with van der Waals surface area (Å²) in [4.78, 5) is 12.2. The molecule has 142 valence electrons. The number of benzene rings is 1. The first kappa shape index (κ1) is 21.9. The van der Waals surface area contributed by atoms with Crippen LogP contribution in [0.4, 0.5) is 5.69 Å². The van der Waals surface area contributed by atoms with Crippen LogP contribution in [0.3, 0.4) is 0 Å². The van der Waals surface area contributed by atoms with E-state index in [4.69, 9.17) is 0 Å². The minimum Gasteiger partial charge on any atom is -0.326 e. The molecular formula is C17H28ClN3O3S.